The summed E-state index contributed by atoms with van der Waals surface area (Å²) in [5.74, 6) is -0.344. The minimum atomic E-state index is -0.251. The van der Waals surface area contributed by atoms with Crippen molar-refractivity contribution >= 4 is 45.8 Å². The second-order valence-electron chi connectivity index (χ2n) is 3.08. The number of thiophene rings is 1. The summed E-state index contributed by atoms with van der Waals surface area (Å²) in [6.45, 7) is 0.486. The van der Waals surface area contributed by atoms with Crippen LogP contribution >= 0.6 is 33.9 Å². The molecule has 1 rings (SSSR count). The smallest absolute Gasteiger partial charge is 0.305 e. The van der Waals surface area contributed by atoms with Crippen LogP contribution in [0.5, 0.6) is 0 Å². The molecule has 0 aliphatic heterocycles. The number of rotatable bonds is 5. The molecule has 1 amide bonds. The Labute approximate surface area is 112 Å². The quantitative estimate of drug-likeness (QED) is 0.501. The van der Waals surface area contributed by atoms with E-state index in [1.165, 1.54) is 18.4 Å². The second kappa shape index (κ2) is 6.85. The van der Waals surface area contributed by atoms with E-state index in [0.29, 0.717) is 24.9 Å². The highest BCUT2D eigenvalue weighted by molar-refractivity contribution is 14.1. The van der Waals surface area contributed by atoms with Gasteiger partial charge in [0, 0.05) is 18.3 Å². The summed E-state index contributed by atoms with van der Waals surface area (Å²) in [7, 11) is 1.36. The molecule has 1 aromatic rings. The Balaban J connectivity index is 2.23. The van der Waals surface area contributed by atoms with E-state index in [9.17, 15) is 9.59 Å². The molecule has 1 N–H and O–H groups in total. The van der Waals surface area contributed by atoms with Gasteiger partial charge in [0.05, 0.1) is 15.6 Å². The van der Waals surface area contributed by atoms with Gasteiger partial charge in [-0.05, 0) is 35.1 Å². The molecule has 0 bridgehead atoms. The van der Waals surface area contributed by atoms with Crippen LogP contribution in [-0.2, 0) is 9.53 Å². The summed E-state index contributed by atoms with van der Waals surface area (Å²) in [6, 6.07) is 1.83. The average Bonchev–Trinajstić information content (AvgIpc) is 2.70. The maximum atomic E-state index is 11.5. The van der Waals surface area contributed by atoms with Crippen LogP contribution in [0.25, 0.3) is 0 Å². The predicted molar refractivity (Wildman–Crippen MR) is 70.6 cm³/mol. The van der Waals surface area contributed by atoms with Crippen molar-refractivity contribution in [2.24, 2.45) is 0 Å². The maximum Gasteiger partial charge on any atom is 0.305 e. The lowest BCUT2D eigenvalue weighted by Crippen LogP contribution is -2.24. The van der Waals surface area contributed by atoms with Gasteiger partial charge in [0.15, 0.2) is 0 Å². The molecular formula is C10H12INO3S. The van der Waals surface area contributed by atoms with Crippen LogP contribution in [0.1, 0.15) is 23.2 Å². The molecule has 0 spiro atoms. The first-order valence-electron chi connectivity index (χ1n) is 4.72. The van der Waals surface area contributed by atoms with Crippen LogP contribution in [0.4, 0.5) is 0 Å². The van der Waals surface area contributed by atoms with E-state index in [1.807, 2.05) is 11.4 Å². The van der Waals surface area contributed by atoms with Crippen molar-refractivity contribution < 1.29 is 14.3 Å². The van der Waals surface area contributed by atoms with Crippen LogP contribution in [-0.4, -0.2) is 25.5 Å². The molecular weight excluding hydrogens is 341 g/mol. The Morgan fingerprint density at radius 2 is 2.31 bits per heavy atom. The van der Waals surface area contributed by atoms with Gasteiger partial charge >= 0.3 is 5.97 Å². The summed E-state index contributed by atoms with van der Waals surface area (Å²) >= 11 is 3.70. The van der Waals surface area contributed by atoms with Gasteiger partial charge in [0.2, 0.25) is 0 Å². The van der Waals surface area contributed by atoms with Crippen molar-refractivity contribution in [3.8, 4) is 0 Å². The number of esters is 1. The Hall–Kier alpha value is -0.630. The number of hydrogen-bond donors (Lipinski definition) is 1. The average molecular weight is 353 g/mol. The zero-order chi connectivity index (χ0) is 12.0. The Morgan fingerprint density at radius 1 is 1.56 bits per heavy atom. The molecule has 16 heavy (non-hydrogen) atoms. The molecule has 0 unspecified atom stereocenters. The summed E-state index contributed by atoms with van der Waals surface area (Å²) in [4.78, 5) is 22.3. The highest BCUT2D eigenvalue weighted by Gasteiger charge is 2.07. The van der Waals surface area contributed by atoms with Gasteiger partial charge in [-0.25, -0.2) is 0 Å². The molecule has 0 saturated heterocycles. The monoisotopic (exact) mass is 353 g/mol. The van der Waals surface area contributed by atoms with E-state index in [4.69, 9.17) is 0 Å². The van der Waals surface area contributed by atoms with Crippen molar-refractivity contribution in [3.63, 3.8) is 0 Å². The van der Waals surface area contributed by atoms with Crippen LogP contribution in [0.15, 0.2) is 11.4 Å². The zero-order valence-electron chi connectivity index (χ0n) is 8.79. The molecule has 88 valence electrons. The van der Waals surface area contributed by atoms with E-state index in [2.05, 4.69) is 32.6 Å². The zero-order valence-corrected chi connectivity index (χ0v) is 11.8. The number of methoxy groups -OCH3 is 1. The van der Waals surface area contributed by atoms with E-state index in [0.717, 1.165) is 2.88 Å². The topological polar surface area (TPSA) is 55.4 Å². The van der Waals surface area contributed by atoms with E-state index < -0.39 is 0 Å². The van der Waals surface area contributed by atoms with E-state index in [1.54, 1.807) is 0 Å². The standard InChI is InChI=1S/C10H12INO3S/c1-15-9(13)3-2-4-12-10(14)7-5-8(11)16-6-7/h5-6H,2-4H2,1H3,(H,12,14). The molecule has 0 saturated carbocycles. The van der Waals surface area contributed by atoms with E-state index >= 15 is 0 Å². The largest absolute Gasteiger partial charge is 0.469 e. The van der Waals surface area contributed by atoms with Crippen molar-refractivity contribution in [1.29, 1.82) is 0 Å². The molecule has 0 fully saturated rings. The molecule has 6 heteroatoms. The molecule has 0 aliphatic carbocycles. The Kier molecular flexibility index (Phi) is 5.75. The van der Waals surface area contributed by atoms with Crippen LogP contribution in [0.2, 0.25) is 0 Å². The number of halogens is 1. The van der Waals surface area contributed by atoms with Crippen molar-refractivity contribution in [2.45, 2.75) is 12.8 Å². The number of amides is 1. The summed E-state index contributed by atoms with van der Waals surface area (Å²) < 4.78 is 5.58. The Bertz CT molecular complexity index is 378. The van der Waals surface area contributed by atoms with Gasteiger partial charge < -0.3 is 10.1 Å². The lowest BCUT2D eigenvalue weighted by Gasteiger charge is -2.02. The van der Waals surface area contributed by atoms with Crippen LogP contribution in [0, 0.1) is 2.88 Å². The van der Waals surface area contributed by atoms with Crippen LogP contribution in [0.3, 0.4) is 0 Å². The molecule has 0 aliphatic rings. The fourth-order valence-electron chi connectivity index (χ4n) is 1.07. The first-order chi connectivity index (χ1) is 7.63. The van der Waals surface area contributed by atoms with Crippen LogP contribution < -0.4 is 5.32 Å². The molecule has 4 nitrogen and oxygen atoms in total. The maximum absolute atomic E-state index is 11.5. The van der Waals surface area contributed by atoms with Gasteiger partial charge in [0.1, 0.15) is 0 Å². The molecule has 0 radical (unpaired) electrons. The number of nitrogens with one attached hydrogen (secondary N) is 1. The van der Waals surface area contributed by atoms with E-state index in [-0.39, 0.29) is 11.9 Å². The van der Waals surface area contributed by atoms with Crippen molar-refractivity contribution in [2.75, 3.05) is 13.7 Å². The summed E-state index contributed by atoms with van der Waals surface area (Å²) in [6.07, 6.45) is 0.928. The van der Waals surface area contributed by atoms with Gasteiger partial charge in [-0.2, -0.15) is 0 Å². The molecule has 0 aromatic carbocycles. The minimum absolute atomic E-state index is 0.0935. The third kappa shape index (κ3) is 4.48. The fraction of sp³-hybridized carbons (Fsp3) is 0.400. The second-order valence-corrected chi connectivity index (χ2v) is 5.88. The third-order valence-corrected chi connectivity index (χ3v) is 3.69. The molecule has 1 heterocycles. The number of carbonyl (C=O) groups excluding carboxylic acids is 2. The number of ether oxygens (including phenoxy) is 1. The highest BCUT2D eigenvalue weighted by Crippen LogP contribution is 2.16. The third-order valence-electron chi connectivity index (χ3n) is 1.90. The van der Waals surface area contributed by atoms with Gasteiger partial charge in [0.25, 0.3) is 5.91 Å². The van der Waals surface area contributed by atoms with Crippen molar-refractivity contribution in [1.82, 2.24) is 5.32 Å². The number of hydrogen-bond acceptors (Lipinski definition) is 4. The van der Waals surface area contributed by atoms with Gasteiger partial charge in [-0.1, -0.05) is 0 Å². The fourth-order valence-corrected chi connectivity index (χ4v) is 2.39. The lowest BCUT2D eigenvalue weighted by molar-refractivity contribution is -0.140. The first-order valence-corrected chi connectivity index (χ1v) is 6.68. The highest BCUT2D eigenvalue weighted by atomic mass is 127. The predicted octanol–water partition coefficient (Wildman–Crippen LogP) is 2.04. The lowest BCUT2D eigenvalue weighted by atomic mass is 10.3. The van der Waals surface area contributed by atoms with Gasteiger partial charge in [-0.15, -0.1) is 11.3 Å². The first kappa shape index (κ1) is 13.4. The SMILES string of the molecule is COC(=O)CCCNC(=O)c1csc(I)c1. The summed E-state index contributed by atoms with van der Waals surface area (Å²) in [5, 5.41) is 4.57. The normalized spacial score (nSPS) is 9.88. The van der Waals surface area contributed by atoms with Crippen molar-refractivity contribution in [3.05, 3.63) is 19.9 Å². The Morgan fingerprint density at radius 3 is 2.88 bits per heavy atom. The van der Waals surface area contributed by atoms with Gasteiger partial charge in [-0.3, -0.25) is 9.59 Å². The summed E-state index contributed by atoms with van der Waals surface area (Å²) in [5.41, 5.74) is 0.674. The molecule has 1 aromatic heterocycles. The minimum Gasteiger partial charge on any atom is -0.469 e. The molecule has 0 atom stereocenters. The number of carbonyl (C=O) groups is 2.